The maximum absolute atomic E-state index is 12.0. The van der Waals surface area contributed by atoms with Gasteiger partial charge in [0.05, 0.1) is 0 Å². The first kappa shape index (κ1) is 15.5. The summed E-state index contributed by atoms with van der Waals surface area (Å²) in [5, 5.41) is 3.57. The van der Waals surface area contributed by atoms with Crippen LogP contribution >= 0.6 is 0 Å². The molecule has 1 saturated heterocycles. The van der Waals surface area contributed by atoms with Crippen molar-refractivity contribution in [3.8, 4) is 0 Å². The molecule has 1 heterocycles. The van der Waals surface area contributed by atoms with Gasteiger partial charge in [-0.3, -0.25) is 4.79 Å². The highest BCUT2D eigenvalue weighted by Gasteiger charge is 2.32. The quantitative estimate of drug-likeness (QED) is 0.757. The van der Waals surface area contributed by atoms with Crippen molar-refractivity contribution in [1.82, 2.24) is 10.2 Å². The normalized spacial score (nSPS) is 22.3. The maximum atomic E-state index is 12.0. The molecule has 2 atom stereocenters. The third kappa shape index (κ3) is 4.27. The van der Waals surface area contributed by atoms with Crippen molar-refractivity contribution < 1.29 is 4.79 Å². The van der Waals surface area contributed by atoms with Crippen LogP contribution in [0, 0.1) is 17.8 Å². The van der Waals surface area contributed by atoms with E-state index in [0.29, 0.717) is 29.7 Å². The van der Waals surface area contributed by atoms with Gasteiger partial charge in [-0.1, -0.05) is 34.6 Å². The Balaban J connectivity index is 2.51. The summed E-state index contributed by atoms with van der Waals surface area (Å²) in [6, 6.07) is 0.430. The van der Waals surface area contributed by atoms with Gasteiger partial charge >= 0.3 is 0 Å². The Kier molecular flexibility index (Phi) is 6.13. The largest absolute Gasteiger partial charge is 0.341 e. The Labute approximate surface area is 112 Å². The average Bonchev–Trinajstić information content (AvgIpc) is 2.66. The molecular weight excluding hydrogens is 224 g/mol. The second-order valence-corrected chi connectivity index (χ2v) is 6.31. The number of rotatable bonds is 7. The Morgan fingerprint density at radius 3 is 2.44 bits per heavy atom. The zero-order valence-electron chi connectivity index (χ0n) is 12.7. The van der Waals surface area contributed by atoms with Crippen LogP contribution in [0.1, 0.15) is 47.5 Å². The van der Waals surface area contributed by atoms with E-state index in [0.717, 1.165) is 32.5 Å². The lowest BCUT2D eigenvalue weighted by molar-refractivity contribution is -0.128. The van der Waals surface area contributed by atoms with Crippen molar-refractivity contribution in [2.45, 2.75) is 53.5 Å². The topological polar surface area (TPSA) is 32.3 Å². The van der Waals surface area contributed by atoms with E-state index in [2.05, 4.69) is 44.8 Å². The second kappa shape index (κ2) is 7.13. The van der Waals surface area contributed by atoms with Crippen LogP contribution in [-0.4, -0.2) is 36.5 Å². The molecule has 18 heavy (non-hydrogen) atoms. The number of nitrogens with one attached hydrogen (secondary N) is 1. The summed E-state index contributed by atoms with van der Waals surface area (Å²) < 4.78 is 0. The molecule has 0 aliphatic carbocycles. The van der Waals surface area contributed by atoms with Crippen molar-refractivity contribution in [2.24, 2.45) is 17.8 Å². The van der Waals surface area contributed by atoms with E-state index in [4.69, 9.17) is 0 Å². The fourth-order valence-corrected chi connectivity index (χ4v) is 2.50. The number of likely N-dealkylation sites (tertiary alicyclic amines) is 1. The summed E-state index contributed by atoms with van der Waals surface area (Å²) in [6.45, 7) is 13.9. The highest BCUT2D eigenvalue weighted by atomic mass is 16.2. The van der Waals surface area contributed by atoms with E-state index in [-0.39, 0.29) is 0 Å². The van der Waals surface area contributed by atoms with E-state index in [1.54, 1.807) is 0 Å². The molecule has 2 unspecified atom stereocenters. The van der Waals surface area contributed by atoms with E-state index < -0.39 is 0 Å². The molecule has 106 valence electrons. The lowest BCUT2D eigenvalue weighted by atomic mass is 9.95. The van der Waals surface area contributed by atoms with Crippen molar-refractivity contribution in [3.63, 3.8) is 0 Å². The van der Waals surface area contributed by atoms with Gasteiger partial charge in [0.15, 0.2) is 0 Å². The van der Waals surface area contributed by atoms with Gasteiger partial charge in [0.25, 0.3) is 0 Å². The van der Waals surface area contributed by atoms with Crippen molar-refractivity contribution >= 4 is 5.91 Å². The van der Waals surface area contributed by atoms with E-state index in [9.17, 15) is 4.79 Å². The summed E-state index contributed by atoms with van der Waals surface area (Å²) in [4.78, 5) is 14.1. The molecule has 3 heteroatoms. The van der Waals surface area contributed by atoms with Crippen LogP contribution in [-0.2, 0) is 4.79 Å². The molecule has 0 aromatic rings. The van der Waals surface area contributed by atoms with Gasteiger partial charge in [-0.05, 0) is 30.7 Å². The van der Waals surface area contributed by atoms with Crippen LogP contribution in [0.2, 0.25) is 0 Å². The van der Waals surface area contributed by atoms with Gasteiger partial charge in [0, 0.05) is 25.6 Å². The van der Waals surface area contributed by atoms with E-state index in [1.165, 1.54) is 0 Å². The van der Waals surface area contributed by atoms with E-state index in [1.807, 2.05) is 0 Å². The maximum Gasteiger partial charge on any atom is 0.222 e. The summed E-state index contributed by atoms with van der Waals surface area (Å²) in [6.07, 6.45) is 1.89. The molecule has 0 aromatic heterocycles. The minimum absolute atomic E-state index is 0.345. The molecule has 1 N–H and O–H groups in total. The number of hydrogen-bond acceptors (Lipinski definition) is 2. The Morgan fingerprint density at radius 1 is 1.33 bits per heavy atom. The molecule has 0 radical (unpaired) electrons. The van der Waals surface area contributed by atoms with Crippen LogP contribution in [0.15, 0.2) is 0 Å². The predicted molar refractivity (Wildman–Crippen MR) is 76.4 cm³/mol. The molecule has 0 aromatic carbocycles. The zero-order valence-corrected chi connectivity index (χ0v) is 12.7. The fraction of sp³-hybridized carbons (Fsp3) is 0.933. The van der Waals surface area contributed by atoms with Crippen molar-refractivity contribution in [2.75, 3.05) is 19.6 Å². The Morgan fingerprint density at radius 2 is 2.00 bits per heavy atom. The third-order valence-electron chi connectivity index (χ3n) is 4.07. The first-order valence-corrected chi connectivity index (χ1v) is 7.46. The molecule has 0 spiro atoms. The van der Waals surface area contributed by atoms with Gasteiger partial charge in [0.1, 0.15) is 0 Å². The van der Waals surface area contributed by atoms with Crippen LogP contribution < -0.4 is 5.32 Å². The van der Waals surface area contributed by atoms with Gasteiger partial charge < -0.3 is 10.2 Å². The highest BCUT2D eigenvalue weighted by Crippen LogP contribution is 2.25. The second-order valence-electron chi connectivity index (χ2n) is 6.31. The van der Waals surface area contributed by atoms with E-state index >= 15 is 0 Å². The summed E-state index contributed by atoms with van der Waals surface area (Å²) in [7, 11) is 0. The summed E-state index contributed by atoms with van der Waals surface area (Å²) in [5.74, 6) is 2.08. The Bertz CT molecular complexity index is 263. The first-order chi connectivity index (χ1) is 8.45. The minimum atomic E-state index is 0.345. The number of carbonyl (C=O) groups is 1. The van der Waals surface area contributed by atoms with Crippen LogP contribution in [0.3, 0.4) is 0 Å². The molecular formula is C15H30N2O. The van der Waals surface area contributed by atoms with Gasteiger partial charge in [-0.15, -0.1) is 0 Å². The van der Waals surface area contributed by atoms with Crippen molar-refractivity contribution in [3.05, 3.63) is 0 Å². The summed E-state index contributed by atoms with van der Waals surface area (Å²) in [5.41, 5.74) is 0. The van der Waals surface area contributed by atoms with Crippen LogP contribution in [0.25, 0.3) is 0 Å². The molecule has 0 bridgehead atoms. The molecule has 1 aliphatic rings. The number of nitrogens with zero attached hydrogens (tertiary/aromatic N) is 1. The summed E-state index contributed by atoms with van der Waals surface area (Å²) >= 11 is 0. The first-order valence-electron chi connectivity index (χ1n) is 7.46. The number of amides is 1. The van der Waals surface area contributed by atoms with Gasteiger partial charge in [0.2, 0.25) is 5.91 Å². The lowest BCUT2D eigenvalue weighted by Gasteiger charge is -2.28. The SMILES string of the molecule is CCCNC(CN1CC(C(C)C)CC1=O)C(C)C. The molecule has 1 aliphatic heterocycles. The predicted octanol–water partition coefficient (Wildman–Crippen LogP) is 2.52. The highest BCUT2D eigenvalue weighted by molar-refractivity contribution is 5.78. The average molecular weight is 254 g/mol. The van der Waals surface area contributed by atoms with Gasteiger partial charge in [-0.2, -0.15) is 0 Å². The fourth-order valence-electron chi connectivity index (χ4n) is 2.50. The minimum Gasteiger partial charge on any atom is -0.341 e. The molecule has 3 nitrogen and oxygen atoms in total. The number of hydrogen-bond donors (Lipinski definition) is 1. The smallest absolute Gasteiger partial charge is 0.222 e. The lowest BCUT2D eigenvalue weighted by Crippen LogP contribution is -2.45. The van der Waals surface area contributed by atoms with Crippen LogP contribution in [0.5, 0.6) is 0 Å². The molecule has 0 saturated carbocycles. The monoisotopic (exact) mass is 254 g/mol. The van der Waals surface area contributed by atoms with Crippen molar-refractivity contribution in [1.29, 1.82) is 0 Å². The zero-order chi connectivity index (χ0) is 13.7. The Hall–Kier alpha value is -0.570. The number of carbonyl (C=O) groups excluding carboxylic acids is 1. The van der Waals surface area contributed by atoms with Gasteiger partial charge in [-0.25, -0.2) is 0 Å². The third-order valence-corrected chi connectivity index (χ3v) is 4.07. The van der Waals surface area contributed by atoms with Crippen LogP contribution in [0.4, 0.5) is 0 Å². The standard InChI is InChI=1S/C15H30N2O/c1-6-7-16-14(12(4)5)10-17-9-13(11(2)3)8-15(17)18/h11-14,16H,6-10H2,1-5H3. The molecule has 1 amide bonds. The molecule has 1 fully saturated rings. The molecule has 1 rings (SSSR count).